The molecule has 336 valence electrons. The zero-order valence-corrected chi connectivity index (χ0v) is 36.1. The summed E-state index contributed by atoms with van der Waals surface area (Å²) >= 11 is 0. The molecular weight excluding hydrogens is 819 g/mol. The van der Waals surface area contributed by atoms with Gasteiger partial charge < -0.3 is 44.1 Å². The second-order valence-electron chi connectivity index (χ2n) is 15.4. The van der Waals surface area contributed by atoms with Gasteiger partial charge in [0, 0.05) is 49.7 Å². The predicted octanol–water partition coefficient (Wildman–Crippen LogP) is 7.51. The molecule has 6 aromatic rings. The molecule has 15 heteroatoms. The number of phenolic OH excluding ortho intramolecular Hbond substituents is 1. The van der Waals surface area contributed by atoms with E-state index in [9.17, 15) is 28.6 Å². The van der Waals surface area contributed by atoms with Gasteiger partial charge in [0.25, 0.3) is 11.1 Å². The van der Waals surface area contributed by atoms with Crippen LogP contribution in [0.25, 0.3) is 11.4 Å². The number of hydrogen-bond donors (Lipinski definition) is 4. The molecule has 0 radical (unpaired) electrons. The molecule has 63 heavy (non-hydrogen) atoms. The topological polar surface area (TPSA) is 171 Å². The van der Waals surface area contributed by atoms with E-state index in [-0.39, 0.29) is 54.1 Å². The van der Waals surface area contributed by atoms with Gasteiger partial charge in [0.05, 0.1) is 43.4 Å². The average Bonchev–Trinajstić information content (AvgIpc) is 3.23. The molecule has 0 aliphatic heterocycles. The number of pyridine rings is 2. The number of methoxy groups -OCH3 is 2. The van der Waals surface area contributed by atoms with Crippen LogP contribution in [0.1, 0.15) is 51.7 Å². The van der Waals surface area contributed by atoms with Gasteiger partial charge in [-0.15, -0.1) is 0 Å². The summed E-state index contributed by atoms with van der Waals surface area (Å²) in [5, 5.41) is 36.5. The van der Waals surface area contributed by atoms with Crippen LogP contribution in [0, 0.1) is 11.6 Å². The van der Waals surface area contributed by atoms with Gasteiger partial charge in [-0.05, 0) is 106 Å². The zero-order valence-electron chi connectivity index (χ0n) is 36.1. The first-order chi connectivity index (χ1) is 29.9. The quantitative estimate of drug-likeness (QED) is 0.0759. The van der Waals surface area contributed by atoms with Crippen LogP contribution in [0.15, 0.2) is 131 Å². The highest BCUT2D eigenvalue weighted by Crippen LogP contribution is 2.30. The summed E-state index contributed by atoms with van der Waals surface area (Å²) in [5.41, 5.74) is 0.699. The summed E-state index contributed by atoms with van der Waals surface area (Å²) in [5.74, 6) is 1.51. The second-order valence-corrected chi connectivity index (χ2v) is 15.4. The third-order valence-corrected chi connectivity index (χ3v) is 8.98. The van der Waals surface area contributed by atoms with Crippen LogP contribution < -0.4 is 34.8 Å². The molecule has 6 rings (SSSR count). The monoisotopic (exact) mass is 872 g/mol. The highest BCUT2D eigenvalue weighted by atomic mass is 19.1. The fraction of sp³-hybridized carbons (Fsp3) is 0.292. The average molecular weight is 873 g/mol. The lowest BCUT2D eigenvalue weighted by Crippen LogP contribution is -2.22. The number of ether oxygens (including phenoxy) is 5. The van der Waals surface area contributed by atoms with Gasteiger partial charge in [0.2, 0.25) is 0 Å². The standard InChI is InChI=1S/C24H26FNO5.C19H16FNO4.C5H12O2/c1-24(2,28)11-13-30-21-9-8-19(14-22(21)29-3)26-12-10-20(15-23(26)27)31-16-17-4-6-18(25)7-5-17;1-24-18-10-15(6-7-17(18)22)21-9-8-16(11-19(21)23)25-12-13-2-4-14(20)5-3-13;1-5(2,7)3-4-6/h4-10,12,14-15,28H,11,13,16H2,1-3H3;2-11,22H,12H2,1H3;6-7H,3-4H2,1-2H3. The van der Waals surface area contributed by atoms with E-state index in [0.29, 0.717) is 53.8 Å². The molecule has 0 saturated carbocycles. The minimum atomic E-state index is -0.818. The fourth-order valence-corrected chi connectivity index (χ4v) is 5.45. The molecule has 0 spiro atoms. The molecule has 0 aliphatic carbocycles. The van der Waals surface area contributed by atoms with Crippen molar-refractivity contribution in [3.63, 3.8) is 0 Å². The van der Waals surface area contributed by atoms with Crippen molar-refractivity contribution in [1.29, 1.82) is 0 Å². The van der Waals surface area contributed by atoms with E-state index in [2.05, 4.69) is 0 Å². The van der Waals surface area contributed by atoms with Crippen molar-refractivity contribution in [2.24, 2.45) is 0 Å². The number of halogens is 2. The van der Waals surface area contributed by atoms with Crippen LogP contribution in [0.4, 0.5) is 8.78 Å². The molecule has 13 nitrogen and oxygen atoms in total. The lowest BCUT2D eigenvalue weighted by molar-refractivity contribution is 0.0513. The Morgan fingerprint density at radius 1 is 0.556 bits per heavy atom. The van der Waals surface area contributed by atoms with Crippen LogP contribution in [0.2, 0.25) is 0 Å². The van der Waals surface area contributed by atoms with Gasteiger partial charge in [-0.1, -0.05) is 24.3 Å². The van der Waals surface area contributed by atoms with Crippen LogP contribution in [0.5, 0.6) is 34.5 Å². The molecule has 4 aromatic carbocycles. The van der Waals surface area contributed by atoms with Crippen LogP contribution >= 0.6 is 0 Å². The number of aromatic nitrogens is 2. The van der Waals surface area contributed by atoms with Gasteiger partial charge in [0.1, 0.15) is 36.3 Å². The van der Waals surface area contributed by atoms with Crippen molar-refractivity contribution >= 4 is 0 Å². The largest absolute Gasteiger partial charge is 0.504 e. The maximum Gasteiger partial charge on any atom is 0.258 e. The SMILES string of the molecule is CC(C)(O)CCO.COc1cc(-n2ccc(OCc3ccc(F)cc3)cc2=O)ccc1O.COc1cc(-n2ccc(OCc3ccc(F)cc3)cc2=O)ccc1OCCC(C)(C)O. The number of aliphatic hydroxyl groups excluding tert-OH is 1. The summed E-state index contributed by atoms with van der Waals surface area (Å²) in [7, 11) is 2.96. The zero-order chi connectivity index (χ0) is 46.2. The minimum absolute atomic E-state index is 0.00134. The molecule has 2 heterocycles. The van der Waals surface area contributed by atoms with Crippen molar-refractivity contribution in [3.05, 3.63) is 165 Å². The molecule has 2 aromatic heterocycles. The Morgan fingerprint density at radius 3 is 1.40 bits per heavy atom. The van der Waals surface area contributed by atoms with Gasteiger partial charge in [-0.2, -0.15) is 0 Å². The summed E-state index contributed by atoms with van der Waals surface area (Å²) in [6.07, 6.45) is 4.11. The molecule has 0 bridgehead atoms. The van der Waals surface area contributed by atoms with E-state index in [1.165, 1.54) is 65.8 Å². The summed E-state index contributed by atoms with van der Waals surface area (Å²) in [6.45, 7) is 7.63. The van der Waals surface area contributed by atoms with E-state index >= 15 is 0 Å². The van der Waals surface area contributed by atoms with Crippen molar-refractivity contribution < 1.29 is 52.9 Å². The van der Waals surface area contributed by atoms with Gasteiger partial charge in [-0.25, -0.2) is 8.78 Å². The molecule has 4 N–H and O–H groups in total. The summed E-state index contributed by atoms with van der Waals surface area (Å²) in [6, 6.07) is 27.9. The van der Waals surface area contributed by atoms with Crippen molar-refractivity contribution in [2.75, 3.05) is 27.4 Å². The Hall–Kier alpha value is -6.68. The predicted molar refractivity (Wildman–Crippen MR) is 235 cm³/mol. The van der Waals surface area contributed by atoms with Crippen molar-refractivity contribution in [3.8, 4) is 45.9 Å². The van der Waals surface area contributed by atoms with E-state index in [1.54, 1.807) is 107 Å². The number of nitrogens with zero attached hydrogens (tertiary/aromatic N) is 2. The van der Waals surface area contributed by atoms with Gasteiger partial charge in [-0.3, -0.25) is 18.7 Å². The Morgan fingerprint density at radius 2 is 1.00 bits per heavy atom. The van der Waals surface area contributed by atoms with Gasteiger partial charge >= 0.3 is 0 Å². The van der Waals surface area contributed by atoms with Crippen molar-refractivity contribution in [1.82, 2.24) is 9.13 Å². The van der Waals surface area contributed by atoms with Crippen LogP contribution in [-0.4, -0.2) is 68.2 Å². The number of hydrogen-bond acceptors (Lipinski definition) is 11. The first kappa shape index (κ1) is 49.0. The lowest BCUT2D eigenvalue weighted by atomic mass is 10.1. The first-order valence-electron chi connectivity index (χ1n) is 19.8. The number of aliphatic hydroxyl groups is 3. The third kappa shape index (κ3) is 16.3. The van der Waals surface area contributed by atoms with Crippen molar-refractivity contribution in [2.45, 2.75) is 65.0 Å². The number of phenols is 1. The first-order valence-corrected chi connectivity index (χ1v) is 19.8. The van der Waals surface area contributed by atoms with E-state index in [4.69, 9.17) is 33.9 Å². The van der Waals surface area contributed by atoms with E-state index < -0.39 is 11.2 Å². The number of benzene rings is 4. The molecule has 0 saturated heterocycles. The third-order valence-electron chi connectivity index (χ3n) is 8.98. The second kappa shape index (κ2) is 23.0. The molecule has 0 amide bonds. The molecule has 0 atom stereocenters. The maximum absolute atomic E-state index is 13.0. The molecular formula is C48H54F2N2O11. The Bertz CT molecular complexity index is 2470. The summed E-state index contributed by atoms with van der Waals surface area (Å²) < 4.78 is 56.1. The smallest absolute Gasteiger partial charge is 0.258 e. The lowest BCUT2D eigenvalue weighted by Gasteiger charge is -2.18. The number of aromatic hydroxyl groups is 1. The van der Waals surface area contributed by atoms with E-state index in [1.807, 2.05) is 0 Å². The maximum atomic E-state index is 13.0. The number of rotatable bonds is 16. The Labute approximate surface area is 364 Å². The molecule has 0 fully saturated rings. The molecule has 0 unspecified atom stereocenters. The van der Waals surface area contributed by atoms with E-state index in [0.717, 1.165) is 11.1 Å². The highest BCUT2D eigenvalue weighted by Gasteiger charge is 2.15. The Kier molecular flexibility index (Phi) is 17.8. The molecule has 0 aliphatic rings. The van der Waals surface area contributed by atoms with Crippen LogP contribution in [0.3, 0.4) is 0 Å². The minimum Gasteiger partial charge on any atom is -0.504 e. The Balaban J connectivity index is 0.000000244. The normalized spacial score (nSPS) is 11.0. The summed E-state index contributed by atoms with van der Waals surface area (Å²) in [4.78, 5) is 24.9. The van der Waals surface area contributed by atoms with Crippen LogP contribution in [-0.2, 0) is 13.2 Å². The van der Waals surface area contributed by atoms with Gasteiger partial charge in [0.15, 0.2) is 23.0 Å². The fourth-order valence-electron chi connectivity index (χ4n) is 5.45. The highest BCUT2D eigenvalue weighted by molar-refractivity contribution is 5.50.